The number of carbonyl (C=O) groups is 2. The van der Waals surface area contributed by atoms with Gasteiger partial charge < -0.3 is 16.4 Å². The Bertz CT molecular complexity index is 426. The van der Waals surface area contributed by atoms with Crippen LogP contribution in [0.1, 0.15) is 33.3 Å². The van der Waals surface area contributed by atoms with Gasteiger partial charge in [-0.2, -0.15) is 0 Å². The summed E-state index contributed by atoms with van der Waals surface area (Å²) in [5.41, 5.74) is 11.2. The minimum absolute atomic E-state index is 0.144. The molecule has 0 heterocycles. The summed E-state index contributed by atoms with van der Waals surface area (Å²) in [5.74, 6) is 0. The minimum atomic E-state index is -0.639. The van der Waals surface area contributed by atoms with E-state index >= 15 is 0 Å². The second kappa shape index (κ2) is 12.4. The molecule has 0 saturated carbocycles. The van der Waals surface area contributed by atoms with Crippen LogP contribution in [0.5, 0.6) is 0 Å². The number of primary amides is 1. The molecule has 0 aliphatic rings. The fourth-order valence-electron chi connectivity index (χ4n) is 1.36. The number of thiol groups is 2. The highest BCUT2D eigenvalue weighted by atomic mass is 32.1. The molecule has 5 nitrogen and oxygen atoms in total. The molecule has 7 heteroatoms. The summed E-state index contributed by atoms with van der Waals surface area (Å²) in [4.78, 5) is 21.1. The van der Waals surface area contributed by atoms with Crippen LogP contribution in [0.4, 0.5) is 9.59 Å². The Morgan fingerprint density at radius 1 is 1.09 bits per heavy atom. The maximum Gasteiger partial charge on any atom is 0.278 e. The van der Waals surface area contributed by atoms with Gasteiger partial charge in [-0.25, -0.2) is 0 Å². The van der Waals surface area contributed by atoms with Crippen molar-refractivity contribution < 1.29 is 9.59 Å². The van der Waals surface area contributed by atoms with E-state index in [9.17, 15) is 4.79 Å². The maximum absolute atomic E-state index is 10.4. The lowest BCUT2D eigenvalue weighted by molar-refractivity contribution is 0.229. The summed E-state index contributed by atoms with van der Waals surface area (Å²) in [6.45, 7) is 9.36. The van der Waals surface area contributed by atoms with E-state index < -0.39 is 5.24 Å². The number of benzene rings is 1. The standard InChI is InChI=1S/C9H13N.C5H11NOS.CH3NOS/c1-9(2,10)8-6-4-3-5-7-8;1-3-6(4-2)5(7)8;2-1(3)4/h3-7H,10H2,1-2H3;3-4H2,1-2H3,(H,7,8);(H3,2,3,4). The average Bonchev–Trinajstić information content (AvgIpc) is 2.40. The highest BCUT2D eigenvalue weighted by molar-refractivity contribution is 7.96. The highest BCUT2D eigenvalue weighted by Gasteiger charge is 2.11. The van der Waals surface area contributed by atoms with E-state index in [2.05, 4.69) is 31.0 Å². The molecule has 0 aliphatic carbocycles. The number of hydrogen-bond donors (Lipinski definition) is 4. The molecule has 0 aliphatic heterocycles. The van der Waals surface area contributed by atoms with Crippen LogP contribution in [0, 0.1) is 0 Å². The normalized spacial score (nSPS) is 9.59. The molecule has 22 heavy (non-hydrogen) atoms. The molecule has 0 saturated heterocycles. The molecule has 0 fully saturated rings. The van der Waals surface area contributed by atoms with Crippen LogP contribution in [-0.2, 0) is 5.54 Å². The van der Waals surface area contributed by atoms with E-state index in [-0.39, 0.29) is 10.8 Å². The Hall–Kier alpha value is -1.18. The van der Waals surface area contributed by atoms with Crippen LogP contribution in [0.15, 0.2) is 30.3 Å². The van der Waals surface area contributed by atoms with Gasteiger partial charge in [-0.15, -0.1) is 0 Å². The van der Waals surface area contributed by atoms with E-state index in [1.54, 1.807) is 4.90 Å². The Morgan fingerprint density at radius 2 is 1.45 bits per heavy atom. The van der Waals surface area contributed by atoms with Gasteiger partial charge in [0.1, 0.15) is 0 Å². The van der Waals surface area contributed by atoms with E-state index in [0.717, 1.165) is 13.1 Å². The van der Waals surface area contributed by atoms with Crippen molar-refractivity contribution in [3.05, 3.63) is 35.9 Å². The fraction of sp³-hybridized carbons (Fsp3) is 0.467. The molecule has 4 N–H and O–H groups in total. The molecule has 0 unspecified atom stereocenters. The molecule has 126 valence electrons. The van der Waals surface area contributed by atoms with E-state index in [0.29, 0.717) is 0 Å². The summed E-state index contributed by atoms with van der Waals surface area (Å²) in [7, 11) is 0. The van der Waals surface area contributed by atoms with Gasteiger partial charge in [-0.1, -0.05) is 55.6 Å². The first-order valence-corrected chi connectivity index (χ1v) is 7.76. The van der Waals surface area contributed by atoms with Gasteiger partial charge in [0.05, 0.1) is 0 Å². The zero-order valence-corrected chi connectivity index (χ0v) is 15.4. The molecule has 1 rings (SSSR count). The lowest BCUT2D eigenvalue weighted by Gasteiger charge is -2.18. The predicted octanol–water partition coefficient (Wildman–Crippen LogP) is 3.25. The number of carbonyl (C=O) groups excluding carboxylic acids is 2. The van der Waals surface area contributed by atoms with Gasteiger partial charge >= 0.3 is 0 Å². The molecular formula is C15H27N3O2S2. The van der Waals surface area contributed by atoms with Crippen LogP contribution in [0.3, 0.4) is 0 Å². The predicted molar refractivity (Wildman–Crippen MR) is 99.5 cm³/mol. The third-order valence-corrected chi connectivity index (χ3v) is 2.83. The molecule has 2 amide bonds. The van der Waals surface area contributed by atoms with E-state index in [4.69, 9.17) is 10.5 Å². The van der Waals surface area contributed by atoms with E-state index in [1.165, 1.54) is 5.56 Å². The van der Waals surface area contributed by atoms with Gasteiger partial charge in [0.15, 0.2) is 0 Å². The number of nitrogens with two attached hydrogens (primary N) is 2. The first kappa shape index (κ1) is 23.1. The quantitative estimate of drug-likeness (QED) is 0.634. The van der Waals surface area contributed by atoms with Crippen molar-refractivity contribution in [3.8, 4) is 0 Å². The molecule has 0 atom stereocenters. The summed E-state index contributed by atoms with van der Waals surface area (Å²) in [6.07, 6.45) is 0. The largest absolute Gasteiger partial charge is 0.361 e. The first-order chi connectivity index (χ1) is 10.1. The second-order valence-electron chi connectivity index (χ2n) is 4.88. The van der Waals surface area contributed by atoms with Crippen molar-refractivity contribution in [3.63, 3.8) is 0 Å². The van der Waals surface area contributed by atoms with Gasteiger partial charge in [0.25, 0.3) is 10.5 Å². The van der Waals surface area contributed by atoms with Crippen molar-refractivity contribution in [1.29, 1.82) is 0 Å². The number of rotatable bonds is 3. The van der Waals surface area contributed by atoms with Crippen LogP contribution in [0.25, 0.3) is 0 Å². The summed E-state index contributed by atoms with van der Waals surface area (Å²) in [6, 6.07) is 10.1. The molecule has 0 aromatic heterocycles. The van der Waals surface area contributed by atoms with Crippen LogP contribution < -0.4 is 11.5 Å². The zero-order chi connectivity index (χ0) is 17.8. The Labute approximate surface area is 144 Å². The van der Waals surface area contributed by atoms with Crippen LogP contribution in [0.2, 0.25) is 0 Å². The second-order valence-corrected chi connectivity index (χ2v) is 5.70. The zero-order valence-electron chi connectivity index (χ0n) is 13.6. The lowest BCUT2D eigenvalue weighted by Crippen LogP contribution is -2.28. The molecular weight excluding hydrogens is 318 g/mol. The third-order valence-electron chi connectivity index (χ3n) is 2.55. The molecule has 0 spiro atoms. The number of hydrogen-bond acceptors (Lipinski definition) is 3. The van der Waals surface area contributed by atoms with Crippen molar-refractivity contribution >= 4 is 35.7 Å². The Balaban J connectivity index is 0. The minimum Gasteiger partial charge on any atom is -0.361 e. The van der Waals surface area contributed by atoms with Crippen LogP contribution in [-0.4, -0.2) is 28.5 Å². The molecule has 0 radical (unpaired) electrons. The van der Waals surface area contributed by atoms with Gasteiger partial charge in [0, 0.05) is 18.6 Å². The van der Waals surface area contributed by atoms with Crippen molar-refractivity contribution in [2.45, 2.75) is 33.2 Å². The summed E-state index contributed by atoms with van der Waals surface area (Å²) >= 11 is 6.75. The van der Waals surface area contributed by atoms with Gasteiger partial charge in [0.2, 0.25) is 0 Å². The monoisotopic (exact) mass is 345 g/mol. The molecule has 0 bridgehead atoms. The average molecular weight is 346 g/mol. The lowest BCUT2D eigenvalue weighted by atomic mass is 9.96. The third kappa shape index (κ3) is 13.8. The van der Waals surface area contributed by atoms with Crippen molar-refractivity contribution in [2.24, 2.45) is 11.5 Å². The van der Waals surface area contributed by atoms with Crippen molar-refractivity contribution in [2.75, 3.05) is 13.1 Å². The van der Waals surface area contributed by atoms with E-state index in [1.807, 2.05) is 58.0 Å². The van der Waals surface area contributed by atoms with Crippen molar-refractivity contribution in [1.82, 2.24) is 4.90 Å². The first-order valence-electron chi connectivity index (χ1n) is 6.86. The Kier molecular flexibility index (Phi) is 13.0. The Morgan fingerprint density at radius 3 is 1.59 bits per heavy atom. The number of amides is 2. The smallest absolute Gasteiger partial charge is 0.278 e. The maximum atomic E-state index is 10.4. The SMILES string of the molecule is CC(C)(N)c1ccccc1.CCN(CC)C(=O)S.NC(=O)S. The van der Waals surface area contributed by atoms with Crippen LogP contribution >= 0.6 is 25.3 Å². The summed E-state index contributed by atoms with van der Waals surface area (Å²) in [5, 5.41) is -0.782. The highest BCUT2D eigenvalue weighted by Crippen LogP contribution is 2.14. The number of nitrogens with zero attached hydrogens (tertiary/aromatic N) is 1. The summed E-state index contributed by atoms with van der Waals surface area (Å²) < 4.78 is 0. The van der Waals surface area contributed by atoms with Gasteiger partial charge in [-0.05, 0) is 33.3 Å². The molecule has 1 aromatic rings. The fourth-order valence-corrected chi connectivity index (χ4v) is 1.64. The van der Waals surface area contributed by atoms with Gasteiger partial charge in [-0.3, -0.25) is 9.59 Å². The molecule has 1 aromatic carbocycles. The topological polar surface area (TPSA) is 89.4 Å².